The number of hydrogen-bond acceptors (Lipinski definition) is 3. The lowest BCUT2D eigenvalue weighted by Gasteiger charge is -2.08. The largest absolute Gasteiger partial charge is 0.496 e. The van der Waals surface area contributed by atoms with Crippen LogP contribution in [0, 0.1) is 6.92 Å². The van der Waals surface area contributed by atoms with Gasteiger partial charge in [0, 0.05) is 13.2 Å². The summed E-state index contributed by atoms with van der Waals surface area (Å²) in [5.74, 6) is 0.512. The van der Waals surface area contributed by atoms with E-state index in [1.54, 1.807) is 37.2 Å². The first-order chi connectivity index (χ1) is 8.13. The van der Waals surface area contributed by atoms with Crippen molar-refractivity contribution in [2.75, 3.05) is 7.11 Å². The number of ketones is 1. The third-order valence-corrected chi connectivity index (χ3v) is 2.66. The second kappa shape index (κ2) is 4.41. The van der Waals surface area contributed by atoms with E-state index >= 15 is 0 Å². The Morgan fingerprint density at radius 3 is 2.71 bits per heavy atom. The van der Waals surface area contributed by atoms with Gasteiger partial charge in [0.25, 0.3) is 0 Å². The molecule has 0 bridgehead atoms. The van der Waals surface area contributed by atoms with E-state index in [0.717, 1.165) is 5.56 Å². The van der Waals surface area contributed by atoms with E-state index in [1.165, 1.54) is 0 Å². The third-order valence-electron chi connectivity index (χ3n) is 2.66. The maximum atomic E-state index is 12.3. The number of carbonyl (C=O) groups is 1. The molecule has 0 aliphatic carbocycles. The first-order valence-corrected chi connectivity index (χ1v) is 5.31. The average Bonchev–Trinajstić information content (AvgIpc) is 2.74. The van der Waals surface area contributed by atoms with Gasteiger partial charge >= 0.3 is 0 Å². The Morgan fingerprint density at radius 1 is 1.35 bits per heavy atom. The number of methoxy groups -OCH3 is 1. The van der Waals surface area contributed by atoms with Crippen molar-refractivity contribution in [3.8, 4) is 5.75 Å². The van der Waals surface area contributed by atoms with Gasteiger partial charge in [0.05, 0.1) is 12.7 Å². The predicted molar refractivity (Wildman–Crippen MR) is 64.4 cm³/mol. The van der Waals surface area contributed by atoms with Crippen LogP contribution in [0.4, 0.5) is 0 Å². The summed E-state index contributed by atoms with van der Waals surface area (Å²) < 4.78 is 6.79. The minimum absolute atomic E-state index is 0.0816. The van der Waals surface area contributed by atoms with Crippen molar-refractivity contribution in [2.45, 2.75) is 6.92 Å². The van der Waals surface area contributed by atoms with Crippen LogP contribution in [0.2, 0.25) is 0 Å². The van der Waals surface area contributed by atoms with Crippen LogP contribution in [0.1, 0.15) is 21.6 Å². The number of benzene rings is 1. The summed E-state index contributed by atoms with van der Waals surface area (Å²) in [5.41, 5.74) is 2.16. The molecular formula is C13H14N2O2. The van der Waals surface area contributed by atoms with Gasteiger partial charge in [-0.15, -0.1) is 0 Å². The predicted octanol–water partition coefficient (Wildman–Crippen LogP) is 1.97. The number of aryl methyl sites for hydroxylation is 2. The highest BCUT2D eigenvalue weighted by Crippen LogP contribution is 2.22. The normalized spacial score (nSPS) is 10.3. The van der Waals surface area contributed by atoms with Crippen LogP contribution >= 0.6 is 0 Å². The molecule has 88 valence electrons. The summed E-state index contributed by atoms with van der Waals surface area (Å²) in [5, 5.41) is 3.99. The Kier molecular flexibility index (Phi) is 2.95. The molecule has 0 aliphatic rings. The molecule has 0 fully saturated rings. The van der Waals surface area contributed by atoms with Gasteiger partial charge in [-0.2, -0.15) is 5.10 Å². The van der Waals surface area contributed by atoms with Crippen LogP contribution < -0.4 is 4.74 Å². The molecule has 0 radical (unpaired) electrons. The smallest absolute Gasteiger partial charge is 0.214 e. The second-order valence-electron chi connectivity index (χ2n) is 3.87. The molecule has 0 aliphatic heterocycles. The van der Waals surface area contributed by atoms with E-state index in [-0.39, 0.29) is 5.78 Å². The van der Waals surface area contributed by atoms with E-state index < -0.39 is 0 Å². The Labute approximate surface area is 99.8 Å². The maximum absolute atomic E-state index is 12.3. The van der Waals surface area contributed by atoms with Crippen LogP contribution in [-0.2, 0) is 7.05 Å². The topological polar surface area (TPSA) is 44.1 Å². The molecule has 1 aromatic heterocycles. The molecule has 0 spiro atoms. The summed E-state index contributed by atoms with van der Waals surface area (Å²) in [6, 6.07) is 7.22. The molecule has 0 saturated heterocycles. The van der Waals surface area contributed by atoms with Gasteiger partial charge in [0.2, 0.25) is 5.78 Å². The summed E-state index contributed by atoms with van der Waals surface area (Å²) in [6.07, 6.45) is 1.61. The van der Waals surface area contributed by atoms with Gasteiger partial charge in [-0.25, -0.2) is 0 Å². The number of nitrogens with zero attached hydrogens (tertiary/aromatic N) is 2. The molecule has 2 aromatic rings. The highest BCUT2D eigenvalue weighted by Gasteiger charge is 2.17. The van der Waals surface area contributed by atoms with Gasteiger partial charge < -0.3 is 4.74 Å². The monoisotopic (exact) mass is 230 g/mol. The number of aromatic nitrogens is 2. The van der Waals surface area contributed by atoms with Crippen molar-refractivity contribution in [2.24, 2.45) is 7.05 Å². The van der Waals surface area contributed by atoms with Crippen molar-refractivity contribution in [1.82, 2.24) is 9.78 Å². The molecule has 1 aromatic carbocycles. The van der Waals surface area contributed by atoms with Crippen LogP contribution in [0.25, 0.3) is 0 Å². The fourth-order valence-electron chi connectivity index (χ4n) is 1.72. The quantitative estimate of drug-likeness (QED) is 0.757. The van der Waals surface area contributed by atoms with Crippen LogP contribution in [0.3, 0.4) is 0 Å². The SMILES string of the molecule is COc1cc(C)ccc1C(=O)c1ccnn1C. The van der Waals surface area contributed by atoms with E-state index in [1.807, 2.05) is 19.1 Å². The van der Waals surface area contributed by atoms with Crippen molar-refractivity contribution in [3.63, 3.8) is 0 Å². The first-order valence-electron chi connectivity index (χ1n) is 5.31. The summed E-state index contributed by atoms with van der Waals surface area (Å²) in [4.78, 5) is 12.3. The van der Waals surface area contributed by atoms with E-state index in [9.17, 15) is 4.79 Å². The number of hydrogen-bond donors (Lipinski definition) is 0. The van der Waals surface area contributed by atoms with E-state index in [4.69, 9.17) is 4.74 Å². The fraction of sp³-hybridized carbons (Fsp3) is 0.231. The molecule has 1 heterocycles. The maximum Gasteiger partial charge on any atom is 0.214 e. The average molecular weight is 230 g/mol. The second-order valence-corrected chi connectivity index (χ2v) is 3.87. The summed E-state index contributed by atoms with van der Waals surface area (Å²) >= 11 is 0. The first kappa shape index (κ1) is 11.4. The number of carbonyl (C=O) groups excluding carboxylic acids is 1. The molecule has 0 atom stereocenters. The lowest BCUT2D eigenvalue weighted by atomic mass is 10.0. The molecular weight excluding hydrogens is 216 g/mol. The minimum Gasteiger partial charge on any atom is -0.496 e. The highest BCUT2D eigenvalue weighted by atomic mass is 16.5. The molecule has 4 heteroatoms. The standard InChI is InChI=1S/C13H14N2O2/c1-9-4-5-10(12(8-9)17-3)13(16)11-6-7-14-15(11)2/h4-8H,1-3H3. The molecule has 2 rings (SSSR count). The molecule has 0 saturated carbocycles. The number of rotatable bonds is 3. The summed E-state index contributed by atoms with van der Waals surface area (Å²) in [7, 11) is 3.31. The zero-order valence-corrected chi connectivity index (χ0v) is 10.1. The van der Waals surface area contributed by atoms with Crippen molar-refractivity contribution >= 4 is 5.78 Å². The lowest BCUT2D eigenvalue weighted by molar-refractivity contribution is 0.102. The van der Waals surface area contributed by atoms with Crippen molar-refractivity contribution in [1.29, 1.82) is 0 Å². The molecule has 0 amide bonds. The fourth-order valence-corrected chi connectivity index (χ4v) is 1.72. The van der Waals surface area contributed by atoms with E-state index in [2.05, 4.69) is 5.10 Å². The Hall–Kier alpha value is -2.10. The van der Waals surface area contributed by atoms with Crippen LogP contribution in [-0.4, -0.2) is 22.7 Å². The zero-order valence-electron chi connectivity index (χ0n) is 10.1. The molecule has 4 nitrogen and oxygen atoms in total. The Bertz CT molecular complexity index is 558. The Morgan fingerprint density at radius 2 is 2.12 bits per heavy atom. The number of ether oxygens (including phenoxy) is 1. The van der Waals surface area contributed by atoms with Gasteiger partial charge in [-0.1, -0.05) is 6.07 Å². The molecule has 0 N–H and O–H groups in total. The zero-order chi connectivity index (χ0) is 12.4. The molecule has 0 unspecified atom stereocenters. The van der Waals surface area contributed by atoms with Crippen molar-refractivity contribution < 1.29 is 9.53 Å². The third kappa shape index (κ3) is 2.06. The molecule has 17 heavy (non-hydrogen) atoms. The van der Waals surface area contributed by atoms with Crippen LogP contribution in [0.15, 0.2) is 30.5 Å². The van der Waals surface area contributed by atoms with E-state index in [0.29, 0.717) is 17.0 Å². The van der Waals surface area contributed by atoms with Gasteiger partial charge in [0.1, 0.15) is 11.4 Å². The van der Waals surface area contributed by atoms with Gasteiger partial charge in [-0.3, -0.25) is 9.48 Å². The van der Waals surface area contributed by atoms with Gasteiger partial charge in [0.15, 0.2) is 0 Å². The van der Waals surface area contributed by atoms with Crippen molar-refractivity contribution in [3.05, 3.63) is 47.3 Å². The van der Waals surface area contributed by atoms with Crippen LogP contribution in [0.5, 0.6) is 5.75 Å². The Balaban J connectivity index is 2.48. The minimum atomic E-state index is -0.0816. The highest BCUT2D eigenvalue weighted by molar-refractivity contribution is 6.09. The van der Waals surface area contributed by atoms with Gasteiger partial charge in [-0.05, 0) is 30.7 Å². The summed E-state index contributed by atoms with van der Waals surface area (Å²) in [6.45, 7) is 1.96. The lowest BCUT2D eigenvalue weighted by Crippen LogP contribution is -2.09.